The van der Waals surface area contributed by atoms with Crippen LogP contribution in [0.4, 0.5) is 0 Å². The maximum atomic E-state index is 5.52. The van der Waals surface area contributed by atoms with Crippen LogP contribution in [0.5, 0.6) is 5.75 Å². The zero-order valence-corrected chi connectivity index (χ0v) is 16.0. The first-order valence-corrected chi connectivity index (χ1v) is 9.96. The molecule has 2 fully saturated rings. The highest BCUT2D eigenvalue weighted by atomic mass is 79.9. The smallest absolute Gasteiger partial charge is 0.123 e. The number of rotatable bonds is 5. The van der Waals surface area contributed by atoms with Crippen LogP contribution < -0.4 is 4.74 Å². The Bertz CT molecular complexity index is 610. The van der Waals surface area contributed by atoms with E-state index in [0.717, 1.165) is 47.6 Å². The Morgan fingerprint density at radius 3 is 2.54 bits per heavy atom. The molecule has 0 spiro atoms. The minimum Gasteiger partial charge on any atom is -0.496 e. The number of hydrogen-bond donors (Lipinski definition) is 0. The second-order valence-electron chi connectivity index (χ2n) is 7.57. The minimum atomic E-state index is 0.874. The molecule has 4 heteroatoms. The van der Waals surface area contributed by atoms with E-state index in [1.54, 1.807) is 7.11 Å². The summed E-state index contributed by atoms with van der Waals surface area (Å²) in [6.07, 6.45) is 7.78. The molecular weight excluding hydrogens is 364 g/mol. The normalized spacial score (nSPS) is 30.2. The zero-order valence-electron chi connectivity index (χ0n) is 14.5. The first kappa shape index (κ1) is 16.6. The molecule has 24 heavy (non-hydrogen) atoms. The summed E-state index contributed by atoms with van der Waals surface area (Å²) in [5, 5.41) is 0. The van der Waals surface area contributed by atoms with Crippen LogP contribution >= 0.6 is 15.9 Å². The van der Waals surface area contributed by atoms with Crippen molar-refractivity contribution >= 4 is 15.9 Å². The lowest BCUT2D eigenvalue weighted by Gasteiger charge is -2.37. The van der Waals surface area contributed by atoms with Gasteiger partial charge in [0.25, 0.3) is 0 Å². The summed E-state index contributed by atoms with van der Waals surface area (Å²) in [4.78, 5) is 5.25. The highest BCUT2D eigenvalue weighted by Gasteiger charge is 2.36. The Morgan fingerprint density at radius 1 is 1.08 bits per heavy atom. The van der Waals surface area contributed by atoms with E-state index >= 15 is 0 Å². The lowest BCUT2D eigenvalue weighted by Crippen LogP contribution is -2.47. The Labute approximate surface area is 153 Å². The summed E-state index contributed by atoms with van der Waals surface area (Å²) in [5.74, 6) is 3.68. The molecule has 130 valence electrons. The Morgan fingerprint density at radius 2 is 1.88 bits per heavy atom. The van der Waals surface area contributed by atoms with Gasteiger partial charge in [0.15, 0.2) is 0 Å². The van der Waals surface area contributed by atoms with E-state index in [4.69, 9.17) is 4.74 Å². The second kappa shape index (κ2) is 7.19. The van der Waals surface area contributed by atoms with E-state index < -0.39 is 0 Å². The van der Waals surface area contributed by atoms with Crippen LogP contribution in [0.25, 0.3) is 0 Å². The number of ether oxygens (including phenoxy) is 1. The summed E-state index contributed by atoms with van der Waals surface area (Å²) in [7, 11) is 1.76. The fourth-order valence-corrected chi connectivity index (χ4v) is 5.09. The molecule has 0 radical (unpaired) electrons. The predicted octanol–water partition coefficient (Wildman–Crippen LogP) is 3.79. The molecule has 3 nitrogen and oxygen atoms in total. The predicted molar refractivity (Wildman–Crippen MR) is 101 cm³/mol. The average molecular weight is 391 g/mol. The molecule has 3 atom stereocenters. The number of piperazine rings is 1. The standard InChI is InChI=1S/C20H27BrN2O/c1-24-20-5-4-19(21)12-18(20)14-23-8-6-22(7-9-23)13-17-11-15-2-3-16(17)10-15/h2-5,12,15-17H,6-11,13-14H2,1H3/t15-,16+,17-/m0/s1. The van der Waals surface area contributed by atoms with Gasteiger partial charge in [0.05, 0.1) is 7.11 Å². The van der Waals surface area contributed by atoms with Gasteiger partial charge in [-0.25, -0.2) is 0 Å². The van der Waals surface area contributed by atoms with Crippen LogP contribution in [0.3, 0.4) is 0 Å². The van der Waals surface area contributed by atoms with E-state index in [1.807, 2.05) is 6.07 Å². The number of hydrogen-bond acceptors (Lipinski definition) is 3. The number of nitrogens with zero attached hydrogens (tertiary/aromatic N) is 2. The van der Waals surface area contributed by atoms with Crippen LogP contribution in [0.2, 0.25) is 0 Å². The maximum Gasteiger partial charge on any atom is 0.123 e. The summed E-state index contributed by atoms with van der Waals surface area (Å²) >= 11 is 3.58. The van der Waals surface area contributed by atoms with Crippen LogP contribution in [0, 0.1) is 17.8 Å². The molecule has 0 N–H and O–H groups in total. The van der Waals surface area contributed by atoms with Crippen LogP contribution in [0.15, 0.2) is 34.8 Å². The molecule has 0 unspecified atom stereocenters. The monoisotopic (exact) mass is 390 g/mol. The number of benzene rings is 1. The number of methoxy groups -OCH3 is 1. The van der Waals surface area contributed by atoms with Crippen molar-refractivity contribution < 1.29 is 4.74 Å². The molecule has 0 amide bonds. The number of allylic oxidation sites excluding steroid dienone is 2. The van der Waals surface area contributed by atoms with Crippen molar-refractivity contribution in [3.63, 3.8) is 0 Å². The van der Waals surface area contributed by atoms with Gasteiger partial charge >= 0.3 is 0 Å². The highest BCUT2D eigenvalue weighted by Crippen LogP contribution is 2.43. The van der Waals surface area contributed by atoms with Gasteiger partial charge in [0.2, 0.25) is 0 Å². The van der Waals surface area contributed by atoms with Gasteiger partial charge in [-0.1, -0.05) is 28.1 Å². The van der Waals surface area contributed by atoms with Crippen LogP contribution in [-0.2, 0) is 6.54 Å². The van der Waals surface area contributed by atoms with Gasteiger partial charge in [-0.3, -0.25) is 4.90 Å². The largest absolute Gasteiger partial charge is 0.496 e. The van der Waals surface area contributed by atoms with Crippen LogP contribution in [0.1, 0.15) is 18.4 Å². The molecule has 4 rings (SSSR count). The molecule has 2 bridgehead atoms. The molecule has 1 aliphatic heterocycles. The minimum absolute atomic E-state index is 0.874. The molecule has 1 saturated carbocycles. The molecular formula is C20H27BrN2O. The van der Waals surface area contributed by atoms with Crippen molar-refractivity contribution in [2.45, 2.75) is 19.4 Å². The molecule has 2 aliphatic carbocycles. The van der Waals surface area contributed by atoms with E-state index in [2.05, 4.69) is 50.0 Å². The second-order valence-corrected chi connectivity index (χ2v) is 8.49. The van der Waals surface area contributed by atoms with E-state index in [9.17, 15) is 0 Å². The topological polar surface area (TPSA) is 15.7 Å². The van der Waals surface area contributed by atoms with Gasteiger partial charge in [-0.15, -0.1) is 0 Å². The van der Waals surface area contributed by atoms with Crippen molar-refractivity contribution in [3.05, 3.63) is 40.4 Å². The third-order valence-electron chi connectivity index (χ3n) is 6.01. The summed E-state index contributed by atoms with van der Waals surface area (Å²) < 4.78 is 6.64. The van der Waals surface area contributed by atoms with E-state index in [0.29, 0.717) is 0 Å². The summed E-state index contributed by atoms with van der Waals surface area (Å²) in [5.41, 5.74) is 1.28. The SMILES string of the molecule is COc1ccc(Br)cc1CN1CCN(C[C@@H]2C[C@H]3C=C[C@@H]2C3)CC1. The lowest BCUT2D eigenvalue weighted by molar-refractivity contribution is 0.108. The molecule has 1 aromatic rings. The molecule has 1 aromatic carbocycles. The van der Waals surface area contributed by atoms with Gasteiger partial charge < -0.3 is 9.64 Å². The first-order chi connectivity index (χ1) is 11.7. The number of fused-ring (bicyclic) bond motifs is 2. The Balaban J connectivity index is 1.29. The fourth-order valence-electron chi connectivity index (χ4n) is 4.68. The van der Waals surface area contributed by atoms with Gasteiger partial charge in [0.1, 0.15) is 5.75 Å². The zero-order chi connectivity index (χ0) is 16.5. The average Bonchev–Trinajstić information content (AvgIpc) is 3.20. The quantitative estimate of drug-likeness (QED) is 0.711. The third kappa shape index (κ3) is 3.56. The molecule has 1 saturated heterocycles. The highest BCUT2D eigenvalue weighted by molar-refractivity contribution is 9.10. The van der Waals surface area contributed by atoms with Crippen molar-refractivity contribution in [2.75, 3.05) is 39.8 Å². The number of halogens is 1. The Kier molecular flexibility index (Phi) is 4.98. The molecule has 3 aliphatic rings. The van der Waals surface area contributed by atoms with E-state index in [-0.39, 0.29) is 0 Å². The molecule has 0 aromatic heterocycles. The third-order valence-corrected chi connectivity index (χ3v) is 6.50. The van der Waals surface area contributed by atoms with Gasteiger partial charge in [0, 0.05) is 49.3 Å². The Hall–Kier alpha value is -0.840. The van der Waals surface area contributed by atoms with Crippen molar-refractivity contribution in [2.24, 2.45) is 17.8 Å². The lowest BCUT2D eigenvalue weighted by atomic mass is 9.93. The van der Waals surface area contributed by atoms with Gasteiger partial charge in [-0.2, -0.15) is 0 Å². The van der Waals surface area contributed by atoms with Crippen molar-refractivity contribution in [3.8, 4) is 5.75 Å². The van der Waals surface area contributed by atoms with Crippen LogP contribution in [-0.4, -0.2) is 49.6 Å². The molecule has 1 heterocycles. The maximum absolute atomic E-state index is 5.52. The van der Waals surface area contributed by atoms with Crippen molar-refractivity contribution in [1.82, 2.24) is 9.80 Å². The van der Waals surface area contributed by atoms with E-state index in [1.165, 1.54) is 38.0 Å². The van der Waals surface area contributed by atoms with Gasteiger partial charge in [-0.05, 0) is 48.8 Å². The van der Waals surface area contributed by atoms with Crippen molar-refractivity contribution in [1.29, 1.82) is 0 Å². The first-order valence-electron chi connectivity index (χ1n) is 9.16. The summed E-state index contributed by atoms with van der Waals surface area (Å²) in [6.45, 7) is 7.01. The fraction of sp³-hybridized carbons (Fsp3) is 0.600. The summed E-state index contributed by atoms with van der Waals surface area (Å²) in [6, 6.07) is 6.29.